The fraction of sp³-hybridized carbons (Fsp3) is 0.909. The molecule has 0 aromatic heterocycles. The van der Waals surface area contributed by atoms with Gasteiger partial charge in [0.2, 0.25) is 0 Å². The van der Waals surface area contributed by atoms with Crippen molar-refractivity contribution in [1.29, 1.82) is 0 Å². The summed E-state index contributed by atoms with van der Waals surface area (Å²) in [6.45, 7) is 8.32. The second-order valence-corrected chi connectivity index (χ2v) is 4.57. The number of hydrogen-bond acceptors (Lipinski definition) is 3. The third-order valence-electron chi connectivity index (χ3n) is 2.76. The van der Waals surface area contributed by atoms with Crippen LogP contribution in [0.15, 0.2) is 0 Å². The summed E-state index contributed by atoms with van der Waals surface area (Å²) < 4.78 is 0. The fourth-order valence-electron chi connectivity index (χ4n) is 2.17. The Morgan fingerprint density at radius 3 is 2.87 bits per heavy atom. The van der Waals surface area contributed by atoms with Crippen LogP contribution in [0, 0.1) is 5.92 Å². The standard InChI is InChI=1S/C11H22N2O2/c1-3-4-13-7-9(2)6-12-10(8-13)5-11(14)15/h9-10,12H,3-8H2,1-2H3,(H,14,15). The van der Waals surface area contributed by atoms with Crippen LogP contribution in [0.1, 0.15) is 26.7 Å². The third kappa shape index (κ3) is 4.62. The summed E-state index contributed by atoms with van der Waals surface area (Å²) in [6.07, 6.45) is 1.36. The first kappa shape index (κ1) is 12.5. The van der Waals surface area contributed by atoms with Gasteiger partial charge in [-0.2, -0.15) is 0 Å². The van der Waals surface area contributed by atoms with Gasteiger partial charge in [0.05, 0.1) is 6.42 Å². The Bertz CT molecular complexity index is 209. The number of carbonyl (C=O) groups is 1. The topological polar surface area (TPSA) is 52.6 Å². The molecule has 4 nitrogen and oxygen atoms in total. The predicted octanol–water partition coefficient (Wildman–Crippen LogP) is 0.781. The lowest BCUT2D eigenvalue weighted by Gasteiger charge is -2.23. The molecule has 1 rings (SSSR count). The molecule has 0 bridgehead atoms. The lowest BCUT2D eigenvalue weighted by atomic mass is 10.2. The van der Waals surface area contributed by atoms with Crippen LogP contribution in [-0.4, -0.2) is 48.2 Å². The molecule has 15 heavy (non-hydrogen) atoms. The molecule has 2 unspecified atom stereocenters. The molecular formula is C11H22N2O2. The molecule has 4 heteroatoms. The zero-order valence-corrected chi connectivity index (χ0v) is 9.70. The number of rotatable bonds is 4. The Kier molecular flexibility index (Phi) is 5.05. The van der Waals surface area contributed by atoms with E-state index in [2.05, 4.69) is 24.1 Å². The van der Waals surface area contributed by atoms with Gasteiger partial charge in [-0.25, -0.2) is 0 Å². The average Bonchev–Trinajstić information content (AvgIpc) is 2.28. The van der Waals surface area contributed by atoms with E-state index in [9.17, 15) is 4.79 Å². The third-order valence-corrected chi connectivity index (χ3v) is 2.76. The van der Waals surface area contributed by atoms with E-state index in [-0.39, 0.29) is 12.5 Å². The second kappa shape index (κ2) is 6.08. The van der Waals surface area contributed by atoms with E-state index in [0.29, 0.717) is 5.92 Å². The molecular weight excluding hydrogens is 192 g/mol. The Labute approximate surface area is 91.6 Å². The van der Waals surface area contributed by atoms with Crippen LogP contribution in [0.5, 0.6) is 0 Å². The molecule has 0 saturated carbocycles. The summed E-state index contributed by atoms with van der Waals surface area (Å²) in [5.41, 5.74) is 0. The molecule has 1 saturated heterocycles. The minimum atomic E-state index is -0.710. The van der Waals surface area contributed by atoms with Gasteiger partial charge in [-0.1, -0.05) is 13.8 Å². The first-order valence-corrected chi connectivity index (χ1v) is 5.79. The number of carboxylic acid groups (broad SMARTS) is 1. The zero-order valence-electron chi connectivity index (χ0n) is 9.70. The van der Waals surface area contributed by atoms with Crippen LogP contribution in [0.4, 0.5) is 0 Å². The Morgan fingerprint density at radius 2 is 2.27 bits per heavy atom. The van der Waals surface area contributed by atoms with Crippen molar-refractivity contribution >= 4 is 5.97 Å². The van der Waals surface area contributed by atoms with Gasteiger partial charge < -0.3 is 15.3 Å². The molecule has 1 heterocycles. The maximum atomic E-state index is 10.7. The first-order chi connectivity index (χ1) is 7.11. The lowest BCUT2D eigenvalue weighted by molar-refractivity contribution is -0.137. The smallest absolute Gasteiger partial charge is 0.304 e. The molecule has 0 radical (unpaired) electrons. The van der Waals surface area contributed by atoms with E-state index >= 15 is 0 Å². The normalized spacial score (nSPS) is 28.7. The lowest BCUT2D eigenvalue weighted by Crippen LogP contribution is -2.39. The maximum absolute atomic E-state index is 10.7. The summed E-state index contributed by atoms with van der Waals surface area (Å²) in [5, 5.41) is 12.1. The molecule has 0 spiro atoms. The number of aliphatic carboxylic acids is 1. The first-order valence-electron chi connectivity index (χ1n) is 5.79. The van der Waals surface area contributed by atoms with Crippen LogP contribution >= 0.6 is 0 Å². The van der Waals surface area contributed by atoms with Crippen molar-refractivity contribution in [2.24, 2.45) is 5.92 Å². The molecule has 0 aromatic carbocycles. The average molecular weight is 214 g/mol. The van der Waals surface area contributed by atoms with Gasteiger partial charge >= 0.3 is 5.97 Å². The van der Waals surface area contributed by atoms with E-state index in [1.807, 2.05) is 0 Å². The van der Waals surface area contributed by atoms with Crippen LogP contribution in [0.2, 0.25) is 0 Å². The summed E-state index contributed by atoms with van der Waals surface area (Å²) in [4.78, 5) is 13.0. The van der Waals surface area contributed by atoms with E-state index in [1.54, 1.807) is 0 Å². The van der Waals surface area contributed by atoms with Crippen LogP contribution in [0.25, 0.3) is 0 Å². The maximum Gasteiger partial charge on any atom is 0.304 e. The van der Waals surface area contributed by atoms with Gasteiger partial charge in [-0.3, -0.25) is 4.79 Å². The summed E-state index contributed by atoms with van der Waals surface area (Å²) >= 11 is 0. The number of hydrogen-bond donors (Lipinski definition) is 2. The molecule has 0 aliphatic carbocycles. The van der Waals surface area contributed by atoms with Crippen molar-refractivity contribution in [2.75, 3.05) is 26.2 Å². The zero-order chi connectivity index (χ0) is 11.3. The van der Waals surface area contributed by atoms with Crippen molar-refractivity contribution < 1.29 is 9.90 Å². The molecule has 1 fully saturated rings. The Morgan fingerprint density at radius 1 is 1.53 bits per heavy atom. The Balaban J connectivity index is 2.48. The van der Waals surface area contributed by atoms with Crippen molar-refractivity contribution in [3.05, 3.63) is 0 Å². The quantitative estimate of drug-likeness (QED) is 0.726. The van der Waals surface area contributed by atoms with Crippen LogP contribution in [-0.2, 0) is 4.79 Å². The van der Waals surface area contributed by atoms with Gasteiger partial charge in [0.1, 0.15) is 0 Å². The summed E-state index contributed by atoms with van der Waals surface area (Å²) in [5.74, 6) is -0.103. The van der Waals surface area contributed by atoms with Gasteiger partial charge in [0, 0.05) is 19.1 Å². The van der Waals surface area contributed by atoms with Gasteiger partial charge in [-0.05, 0) is 25.4 Å². The minimum Gasteiger partial charge on any atom is -0.481 e. The highest BCUT2D eigenvalue weighted by atomic mass is 16.4. The largest absolute Gasteiger partial charge is 0.481 e. The monoisotopic (exact) mass is 214 g/mol. The molecule has 2 N–H and O–H groups in total. The minimum absolute atomic E-state index is 0.110. The van der Waals surface area contributed by atoms with Gasteiger partial charge in [0.25, 0.3) is 0 Å². The molecule has 88 valence electrons. The van der Waals surface area contributed by atoms with E-state index < -0.39 is 5.97 Å². The Hall–Kier alpha value is -0.610. The highest BCUT2D eigenvalue weighted by Crippen LogP contribution is 2.08. The van der Waals surface area contributed by atoms with E-state index in [4.69, 9.17) is 5.11 Å². The molecule has 0 aromatic rings. The number of nitrogens with zero attached hydrogens (tertiary/aromatic N) is 1. The van der Waals surface area contributed by atoms with Crippen molar-refractivity contribution in [3.63, 3.8) is 0 Å². The van der Waals surface area contributed by atoms with Gasteiger partial charge in [-0.15, -0.1) is 0 Å². The number of nitrogens with one attached hydrogen (secondary N) is 1. The SMILES string of the molecule is CCCN1CC(C)CNC(CC(=O)O)C1. The summed E-state index contributed by atoms with van der Waals surface area (Å²) in [7, 11) is 0. The fourth-order valence-corrected chi connectivity index (χ4v) is 2.17. The van der Waals surface area contributed by atoms with Crippen LogP contribution in [0.3, 0.4) is 0 Å². The summed E-state index contributed by atoms with van der Waals surface area (Å²) in [6, 6.07) is 0.110. The van der Waals surface area contributed by atoms with Crippen molar-refractivity contribution in [3.8, 4) is 0 Å². The van der Waals surface area contributed by atoms with Crippen molar-refractivity contribution in [2.45, 2.75) is 32.7 Å². The molecule has 0 amide bonds. The molecule has 1 aliphatic heterocycles. The van der Waals surface area contributed by atoms with Crippen molar-refractivity contribution in [1.82, 2.24) is 10.2 Å². The number of carboxylic acids is 1. The molecule has 1 aliphatic rings. The molecule has 2 atom stereocenters. The second-order valence-electron chi connectivity index (χ2n) is 4.57. The van der Waals surface area contributed by atoms with Gasteiger partial charge in [0.15, 0.2) is 0 Å². The highest BCUT2D eigenvalue weighted by molar-refractivity contribution is 5.67. The van der Waals surface area contributed by atoms with E-state index in [1.165, 1.54) is 0 Å². The highest BCUT2D eigenvalue weighted by Gasteiger charge is 2.22. The van der Waals surface area contributed by atoms with E-state index in [0.717, 1.165) is 32.6 Å². The predicted molar refractivity (Wildman–Crippen MR) is 59.9 cm³/mol. The van der Waals surface area contributed by atoms with Crippen LogP contribution < -0.4 is 5.32 Å².